The van der Waals surface area contributed by atoms with E-state index in [0.717, 1.165) is 17.7 Å². The SMILES string of the molecule is O=C(OCC(=O)N1CCc2ccccc21)c1ccc(C2SCCS2)cc1. The number of carbonyl (C=O) groups excluding carboxylic acids is 2. The van der Waals surface area contributed by atoms with E-state index in [2.05, 4.69) is 0 Å². The van der Waals surface area contributed by atoms with E-state index >= 15 is 0 Å². The Morgan fingerprint density at radius 3 is 2.54 bits per heavy atom. The van der Waals surface area contributed by atoms with E-state index in [1.165, 1.54) is 17.1 Å². The molecule has 2 aromatic rings. The second-order valence-electron chi connectivity index (χ2n) is 6.20. The summed E-state index contributed by atoms with van der Waals surface area (Å²) in [5.74, 6) is 1.70. The molecular weight excluding hydrogens is 366 g/mol. The Labute approximate surface area is 161 Å². The number of anilines is 1. The van der Waals surface area contributed by atoms with Crippen molar-refractivity contribution in [3.05, 3.63) is 65.2 Å². The molecule has 0 atom stereocenters. The number of benzene rings is 2. The average molecular weight is 386 g/mol. The molecule has 0 aliphatic carbocycles. The van der Waals surface area contributed by atoms with Gasteiger partial charge in [0.2, 0.25) is 0 Å². The molecule has 0 bridgehead atoms. The summed E-state index contributed by atoms with van der Waals surface area (Å²) in [6, 6.07) is 15.4. The van der Waals surface area contributed by atoms with Gasteiger partial charge in [-0.1, -0.05) is 30.3 Å². The highest BCUT2D eigenvalue weighted by Crippen LogP contribution is 2.45. The maximum absolute atomic E-state index is 12.4. The number of rotatable bonds is 4. The van der Waals surface area contributed by atoms with E-state index in [-0.39, 0.29) is 12.5 Å². The molecule has 0 N–H and O–H groups in total. The first-order chi connectivity index (χ1) is 12.7. The summed E-state index contributed by atoms with van der Waals surface area (Å²) in [6.45, 7) is 0.407. The quantitative estimate of drug-likeness (QED) is 0.747. The van der Waals surface area contributed by atoms with E-state index in [0.29, 0.717) is 16.7 Å². The fourth-order valence-corrected chi connectivity index (χ4v) is 6.07. The van der Waals surface area contributed by atoms with Crippen LogP contribution in [0.5, 0.6) is 0 Å². The predicted octanol–water partition coefficient (Wildman–Crippen LogP) is 3.91. The molecule has 26 heavy (non-hydrogen) atoms. The largest absolute Gasteiger partial charge is 0.452 e. The van der Waals surface area contributed by atoms with Crippen LogP contribution in [0.3, 0.4) is 0 Å². The minimum atomic E-state index is -0.455. The van der Waals surface area contributed by atoms with Gasteiger partial charge in [0.05, 0.1) is 10.1 Å². The van der Waals surface area contributed by atoms with Crippen LogP contribution >= 0.6 is 23.5 Å². The average Bonchev–Trinajstić information content (AvgIpc) is 3.36. The van der Waals surface area contributed by atoms with Gasteiger partial charge in [0.25, 0.3) is 5.91 Å². The van der Waals surface area contributed by atoms with Gasteiger partial charge >= 0.3 is 5.97 Å². The fraction of sp³-hybridized carbons (Fsp3) is 0.300. The second kappa shape index (κ2) is 7.76. The Hall–Kier alpha value is -1.92. The van der Waals surface area contributed by atoms with Crippen LogP contribution in [0.2, 0.25) is 0 Å². The zero-order chi connectivity index (χ0) is 17.9. The summed E-state index contributed by atoms with van der Waals surface area (Å²) >= 11 is 3.86. The molecule has 2 aliphatic heterocycles. The van der Waals surface area contributed by atoms with Crippen LogP contribution in [0, 0.1) is 0 Å². The van der Waals surface area contributed by atoms with Crippen LogP contribution in [0.1, 0.15) is 26.1 Å². The summed E-state index contributed by atoms with van der Waals surface area (Å²) in [5.41, 5.74) is 3.78. The molecule has 1 fully saturated rings. The lowest BCUT2D eigenvalue weighted by atomic mass is 10.1. The summed E-state index contributed by atoms with van der Waals surface area (Å²) in [5, 5.41) is 0. The Bertz CT molecular complexity index is 816. The van der Waals surface area contributed by atoms with Gasteiger partial charge < -0.3 is 9.64 Å². The first-order valence-electron chi connectivity index (χ1n) is 8.61. The number of ether oxygens (including phenoxy) is 1. The second-order valence-corrected chi connectivity index (χ2v) is 8.92. The van der Waals surface area contributed by atoms with Crippen LogP contribution in [0.25, 0.3) is 0 Å². The summed E-state index contributed by atoms with van der Waals surface area (Å²) in [7, 11) is 0. The lowest BCUT2D eigenvalue weighted by Crippen LogP contribution is -2.33. The highest BCUT2D eigenvalue weighted by atomic mass is 32.2. The zero-order valence-corrected chi connectivity index (χ0v) is 15.9. The smallest absolute Gasteiger partial charge is 0.338 e. The minimum Gasteiger partial charge on any atom is -0.452 e. The molecule has 0 radical (unpaired) electrons. The number of hydrogen-bond donors (Lipinski definition) is 0. The van der Waals surface area contributed by atoms with Gasteiger partial charge in [-0.05, 0) is 35.7 Å². The topological polar surface area (TPSA) is 46.6 Å². The fourth-order valence-electron chi connectivity index (χ4n) is 3.21. The minimum absolute atomic E-state index is 0.182. The van der Waals surface area contributed by atoms with Gasteiger partial charge in [-0.2, -0.15) is 0 Å². The third-order valence-electron chi connectivity index (χ3n) is 4.56. The molecule has 4 rings (SSSR count). The van der Waals surface area contributed by atoms with Gasteiger partial charge in [0, 0.05) is 23.7 Å². The molecule has 0 saturated carbocycles. The number of thioether (sulfide) groups is 2. The predicted molar refractivity (Wildman–Crippen MR) is 107 cm³/mol. The summed E-state index contributed by atoms with van der Waals surface area (Å²) in [4.78, 5) is 26.3. The third kappa shape index (κ3) is 3.62. The van der Waals surface area contributed by atoms with Crippen molar-refractivity contribution in [1.29, 1.82) is 0 Å². The normalized spacial score (nSPS) is 16.5. The van der Waals surface area contributed by atoms with E-state index in [1.54, 1.807) is 17.0 Å². The van der Waals surface area contributed by atoms with Gasteiger partial charge in [-0.15, -0.1) is 23.5 Å². The number of esters is 1. The number of amides is 1. The van der Waals surface area contributed by atoms with E-state index in [9.17, 15) is 9.59 Å². The van der Waals surface area contributed by atoms with Gasteiger partial charge in [0.15, 0.2) is 6.61 Å². The van der Waals surface area contributed by atoms with Crippen LogP contribution in [0.15, 0.2) is 48.5 Å². The lowest BCUT2D eigenvalue weighted by Gasteiger charge is -2.17. The maximum atomic E-state index is 12.4. The highest BCUT2D eigenvalue weighted by molar-refractivity contribution is 8.19. The van der Waals surface area contributed by atoms with Crippen LogP contribution < -0.4 is 4.90 Å². The van der Waals surface area contributed by atoms with Crippen LogP contribution in [-0.2, 0) is 16.0 Å². The molecule has 1 saturated heterocycles. The maximum Gasteiger partial charge on any atom is 0.338 e. The van der Waals surface area contributed by atoms with Crippen LogP contribution in [-0.4, -0.2) is 36.5 Å². The standard InChI is InChI=1S/C20H19NO3S2/c22-18(21-10-9-14-3-1-2-4-17(14)21)13-24-19(23)15-5-7-16(8-6-15)20-25-11-12-26-20/h1-8,20H,9-13H2. The molecule has 4 nitrogen and oxygen atoms in total. The molecule has 1 amide bonds. The van der Waals surface area contributed by atoms with Crippen molar-refractivity contribution < 1.29 is 14.3 Å². The molecule has 6 heteroatoms. The Morgan fingerprint density at radius 1 is 1.04 bits per heavy atom. The molecular formula is C20H19NO3S2. The number of hydrogen-bond acceptors (Lipinski definition) is 5. The van der Waals surface area contributed by atoms with Crippen molar-refractivity contribution in [2.24, 2.45) is 0 Å². The third-order valence-corrected chi connectivity index (χ3v) is 7.66. The van der Waals surface area contributed by atoms with Gasteiger partial charge in [0.1, 0.15) is 0 Å². The molecule has 2 aliphatic rings. The first-order valence-corrected chi connectivity index (χ1v) is 10.7. The Morgan fingerprint density at radius 2 is 1.77 bits per heavy atom. The zero-order valence-electron chi connectivity index (χ0n) is 14.2. The first kappa shape index (κ1) is 17.5. The molecule has 0 spiro atoms. The van der Waals surface area contributed by atoms with Crippen molar-refractivity contribution >= 4 is 41.1 Å². The molecule has 0 aromatic heterocycles. The number of para-hydroxylation sites is 1. The van der Waals surface area contributed by atoms with E-state index in [4.69, 9.17) is 4.74 Å². The Kier molecular flexibility index (Phi) is 5.22. The molecule has 134 valence electrons. The van der Waals surface area contributed by atoms with Crippen molar-refractivity contribution in [1.82, 2.24) is 0 Å². The summed E-state index contributed by atoms with van der Waals surface area (Å²) in [6.07, 6.45) is 0.842. The number of fused-ring (bicyclic) bond motifs is 1. The number of carbonyl (C=O) groups is 2. The Balaban J connectivity index is 1.34. The number of nitrogens with zero attached hydrogens (tertiary/aromatic N) is 1. The van der Waals surface area contributed by atoms with Crippen molar-refractivity contribution in [3.63, 3.8) is 0 Å². The van der Waals surface area contributed by atoms with Crippen molar-refractivity contribution in [3.8, 4) is 0 Å². The highest BCUT2D eigenvalue weighted by Gasteiger charge is 2.25. The lowest BCUT2D eigenvalue weighted by molar-refractivity contribution is -0.121. The van der Waals surface area contributed by atoms with E-state index < -0.39 is 5.97 Å². The molecule has 2 aromatic carbocycles. The van der Waals surface area contributed by atoms with Gasteiger partial charge in [-0.25, -0.2) is 4.79 Å². The molecule has 2 heterocycles. The molecule has 0 unspecified atom stereocenters. The monoisotopic (exact) mass is 385 g/mol. The van der Waals surface area contributed by atoms with E-state index in [1.807, 2.05) is 59.9 Å². The summed E-state index contributed by atoms with van der Waals surface area (Å²) < 4.78 is 5.70. The van der Waals surface area contributed by atoms with Gasteiger partial charge in [-0.3, -0.25) is 4.79 Å². The van der Waals surface area contributed by atoms with Crippen LogP contribution in [0.4, 0.5) is 5.69 Å². The van der Waals surface area contributed by atoms with Crippen molar-refractivity contribution in [2.75, 3.05) is 29.6 Å². The van der Waals surface area contributed by atoms with Crippen molar-refractivity contribution in [2.45, 2.75) is 11.0 Å².